The van der Waals surface area contributed by atoms with Crippen molar-refractivity contribution < 1.29 is 14.6 Å². The maximum Gasteiger partial charge on any atom is 0.310 e. The minimum absolute atomic E-state index is 0.463. The molecule has 1 aromatic rings. The van der Waals surface area contributed by atoms with Gasteiger partial charge < -0.3 is 9.84 Å². The van der Waals surface area contributed by atoms with Gasteiger partial charge >= 0.3 is 5.97 Å². The first-order chi connectivity index (χ1) is 7.08. The van der Waals surface area contributed by atoms with E-state index in [1.807, 2.05) is 13.8 Å². The molecule has 15 heavy (non-hydrogen) atoms. The van der Waals surface area contributed by atoms with Crippen molar-refractivity contribution >= 4 is 5.97 Å². The molecule has 82 valence electrons. The standard InChI is InChI=1S/C11H15NO3/c1-4-9(11(13)14)8-5-7(2)12-10(6-8)15-3/h5-6,9H,4H2,1-3H3,(H,13,14). The van der Waals surface area contributed by atoms with Gasteiger partial charge in [0.1, 0.15) is 0 Å². The summed E-state index contributed by atoms with van der Waals surface area (Å²) in [5, 5.41) is 9.02. The molecule has 0 aliphatic carbocycles. The van der Waals surface area contributed by atoms with Crippen molar-refractivity contribution in [1.82, 2.24) is 4.98 Å². The van der Waals surface area contributed by atoms with Crippen LogP contribution in [0.4, 0.5) is 0 Å². The zero-order chi connectivity index (χ0) is 11.4. The third kappa shape index (κ3) is 2.68. The number of ether oxygens (including phenoxy) is 1. The van der Waals surface area contributed by atoms with Crippen LogP contribution in [0.1, 0.15) is 30.5 Å². The Labute approximate surface area is 88.9 Å². The quantitative estimate of drug-likeness (QED) is 0.823. The largest absolute Gasteiger partial charge is 0.481 e. The van der Waals surface area contributed by atoms with Crippen LogP contribution in [0.3, 0.4) is 0 Å². The minimum atomic E-state index is -0.815. The van der Waals surface area contributed by atoms with Crippen molar-refractivity contribution in [2.45, 2.75) is 26.2 Å². The lowest BCUT2D eigenvalue weighted by Crippen LogP contribution is -2.11. The van der Waals surface area contributed by atoms with Gasteiger partial charge in [0, 0.05) is 11.8 Å². The third-order valence-corrected chi connectivity index (χ3v) is 2.27. The number of methoxy groups -OCH3 is 1. The minimum Gasteiger partial charge on any atom is -0.481 e. The lowest BCUT2D eigenvalue weighted by Gasteiger charge is -2.11. The molecule has 0 amide bonds. The number of aryl methyl sites for hydroxylation is 1. The van der Waals surface area contributed by atoms with E-state index in [9.17, 15) is 4.79 Å². The Morgan fingerprint density at radius 1 is 1.60 bits per heavy atom. The molecule has 1 atom stereocenters. The third-order valence-electron chi connectivity index (χ3n) is 2.27. The monoisotopic (exact) mass is 209 g/mol. The first-order valence-electron chi connectivity index (χ1n) is 4.83. The fraction of sp³-hybridized carbons (Fsp3) is 0.455. The normalized spacial score (nSPS) is 12.2. The summed E-state index contributed by atoms with van der Waals surface area (Å²) < 4.78 is 5.01. The second-order valence-corrected chi connectivity index (χ2v) is 3.38. The highest BCUT2D eigenvalue weighted by atomic mass is 16.5. The average Bonchev–Trinajstić information content (AvgIpc) is 2.17. The highest BCUT2D eigenvalue weighted by Gasteiger charge is 2.18. The van der Waals surface area contributed by atoms with E-state index in [2.05, 4.69) is 4.98 Å². The molecule has 0 bridgehead atoms. The molecule has 0 spiro atoms. The number of carboxylic acids is 1. The van der Waals surface area contributed by atoms with E-state index in [0.29, 0.717) is 12.3 Å². The molecular formula is C11H15NO3. The Morgan fingerprint density at radius 2 is 2.27 bits per heavy atom. The molecule has 1 heterocycles. The number of carbonyl (C=O) groups is 1. The van der Waals surface area contributed by atoms with E-state index in [4.69, 9.17) is 9.84 Å². The fourth-order valence-electron chi connectivity index (χ4n) is 1.52. The number of aromatic nitrogens is 1. The van der Waals surface area contributed by atoms with E-state index in [1.165, 1.54) is 7.11 Å². The molecule has 0 aromatic carbocycles. The van der Waals surface area contributed by atoms with E-state index < -0.39 is 11.9 Å². The zero-order valence-corrected chi connectivity index (χ0v) is 9.15. The van der Waals surface area contributed by atoms with Crippen LogP contribution >= 0.6 is 0 Å². The maximum absolute atomic E-state index is 11.0. The van der Waals surface area contributed by atoms with Gasteiger partial charge in [0.25, 0.3) is 0 Å². The smallest absolute Gasteiger partial charge is 0.310 e. The second-order valence-electron chi connectivity index (χ2n) is 3.38. The Morgan fingerprint density at radius 3 is 2.73 bits per heavy atom. The van der Waals surface area contributed by atoms with Crippen LogP contribution in [-0.2, 0) is 4.79 Å². The summed E-state index contributed by atoms with van der Waals surface area (Å²) in [4.78, 5) is 15.1. The van der Waals surface area contributed by atoms with Crippen molar-refractivity contribution in [1.29, 1.82) is 0 Å². The molecule has 0 aliphatic rings. The molecule has 1 aromatic heterocycles. The Kier molecular flexibility index (Phi) is 3.66. The van der Waals surface area contributed by atoms with E-state index in [0.717, 1.165) is 11.3 Å². The summed E-state index contributed by atoms with van der Waals surface area (Å²) in [6, 6.07) is 3.46. The Balaban J connectivity index is 3.11. The van der Waals surface area contributed by atoms with Gasteiger partial charge in [-0.3, -0.25) is 4.79 Å². The van der Waals surface area contributed by atoms with Gasteiger partial charge in [0.15, 0.2) is 0 Å². The van der Waals surface area contributed by atoms with Crippen LogP contribution in [0.2, 0.25) is 0 Å². The number of hydrogen-bond donors (Lipinski definition) is 1. The maximum atomic E-state index is 11.0. The summed E-state index contributed by atoms with van der Waals surface area (Å²) in [6.45, 7) is 3.67. The van der Waals surface area contributed by atoms with Gasteiger partial charge in [0.2, 0.25) is 5.88 Å². The highest BCUT2D eigenvalue weighted by Crippen LogP contribution is 2.23. The number of rotatable bonds is 4. The molecule has 4 nitrogen and oxygen atoms in total. The molecule has 4 heteroatoms. The number of hydrogen-bond acceptors (Lipinski definition) is 3. The molecule has 1 rings (SSSR count). The van der Waals surface area contributed by atoms with E-state index in [-0.39, 0.29) is 0 Å². The van der Waals surface area contributed by atoms with Crippen LogP contribution in [0, 0.1) is 6.92 Å². The topological polar surface area (TPSA) is 59.4 Å². The number of aliphatic carboxylic acids is 1. The van der Waals surface area contributed by atoms with Crippen molar-refractivity contribution in [3.8, 4) is 5.88 Å². The van der Waals surface area contributed by atoms with Gasteiger partial charge in [-0.2, -0.15) is 0 Å². The lowest BCUT2D eigenvalue weighted by molar-refractivity contribution is -0.138. The first-order valence-corrected chi connectivity index (χ1v) is 4.83. The zero-order valence-electron chi connectivity index (χ0n) is 9.15. The van der Waals surface area contributed by atoms with Crippen molar-refractivity contribution in [3.63, 3.8) is 0 Å². The van der Waals surface area contributed by atoms with Crippen LogP contribution in [-0.4, -0.2) is 23.2 Å². The molecule has 0 saturated heterocycles. The predicted octanol–water partition coefficient (Wildman–Crippen LogP) is 1.98. The fourth-order valence-corrected chi connectivity index (χ4v) is 1.52. The molecular weight excluding hydrogens is 194 g/mol. The molecule has 0 aliphatic heterocycles. The predicted molar refractivity (Wildman–Crippen MR) is 56.2 cm³/mol. The van der Waals surface area contributed by atoms with Crippen LogP contribution in [0.25, 0.3) is 0 Å². The van der Waals surface area contributed by atoms with Crippen LogP contribution in [0.15, 0.2) is 12.1 Å². The summed E-state index contributed by atoms with van der Waals surface area (Å²) >= 11 is 0. The summed E-state index contributed by atoms with van der Waals surface area (Å²) in [5.41, 5.74) is 1.51. The molecule has 1 unspecified atom stereocenters. The molecule has 0 fully saturated rings. The first kappa shape index (κ1) is 11.5. The molecule has 0 radical (unpaired) electrons. The van der Waals surface area contributed by atoms with Gasteiger partial charge in [-0.15, -0.1) is 0 Å². The van der Waals surface area contributed by atoms with E-state index in [1.54, 1.807) is 12.1 Å². The number of nitrogens with zero attached hydrogens (tertiary/aromatic N) is 1. The Hall–Kier alpha value is -1.58. The number of pyridine rings is 1. The van der Waals surface area contributed by atoms with Gasteiger partial charge in [-0.1, -0.05) is 6.92 Å². The summed E-state index contributed by atoms with van der Waals surface area (Å²) in [7, 11) is 1.52. The molecule has 1 N–H and O–H groups in total. The summed E-state index contributed by atoms with van der Waals surface area (Å²) in [5.74, 6) is -0.838. The van der Waals surface area contributed by atoms with Crippen molar-refractivity contribution in [2.75, 3.05) is 7.11 Å². The van der Waals surface area contributed by atoms with Gasteiger partial charge in [-0.25, -0.2) is 4.98 Å². The average molecular weight is 209 g/mol. The van der Waals surface area contributed by atoms with Crippen molar-refractivity contribution in [2.24, 2.45) is 0 Å². The Bertz CT molecular complexity index is 363. The lowest BCUT2D eigenvalue weighted by atomic mass is 9.97. The summed E-state index contributed by atoms with van der Waals surface area (Å²) in [6.07, 6.45) is 0.557. The van der Waals surface area contributed by atoms with Gasteiger partial charge in [-0.05, 0) is 25.0 Å². The highest BCUT2D eigenvalue weighted by molar-refractivity contribution is 5.76. The van der Waals surface area contributed by atoms with Gasteiger partial charge in [0.05, 0.1) is 13.0 Å². The number of carboxylic acid groups (broad SMARTS) is 1. The van der Waals surface area contributed by atoms with E-state index >= 15 is 0 Å². The second kappa shape index (κ2) is 4.77. The van der Waals surface area contributed by atoms with Crippen LogP contribution in [0.5, 0.6) is 5.88 Å². The van der Waals surface area contributed by atoms with Crippen LogP contribution < -0.4 is 4.74 Å². The van der Waals surface area contributed by atoms with Crippen molar-refractivity contribution in [3.05, 3.63) is 23.4 Å². The molecule has 0 saturated carbocycles. The SMILES string of the molecule is CCC(C(=O)O)c1cc(C)nc(OC)c1.